The Morgan fingerprint density at radius 2 is 2.19 bits per heavy atom. The maximum absolute atomic E-state index is 12.5. The molecule has 0 saturated heterocycles. The highest BCUT2D eigenvalue weighted by Crippen LogP contribution is 2.22. The molecule has 0 aliphatic carbocycles. The van der Waals surface area contributed by atoms with Gasteiger partial charge in [0.05, 0.1) is 17.2 Å². The molecule has 2 aromatic heterocycles. The molecule has 0 fully saturated rings. The zero-order chi connectivity index (χ0) is 15.6. The lowest BCUT2D eigenvalue weighted by molar-refractivity contribution is 0.463. The summed E-state index contributed by atoms with van der Waals surface area (Å²) in [5.74, 6) is 0.0322. The van der Waals surface area contributed by atoms with Crippen LogP contribution in [0.3, 0.4) is 0 Å². The summed E-state index contributed by atoms with van der Waals surface area (Å²) in [6.07, 6.45) is 2.34. The van der Waals surface area contributed by atoms with Crippen LogP contribution in [0.2, 0.25) is 0 Å². The van der Waals surface area contributed by atoms with Crippen molar-refractivity contribution in [1.82, 2.24) is 19.1 Å². The molecule has 0 saturated carbocycles. The minimum atomic E-state index is -3.67. The van der Waals surface area contributed by atoms with E-state index in [2.05, 4.69) is 10.1 Å². The van der Waals surface area contributed by atoms with Gasteiger partial charge in [-0.05, 0) is 13.3 Å². The monoisotopic (exact) mass is 329 g/mol. The molecular formula is C12H19N5O2S2. The third-order valence-electron chi connectivity index (χ3n) is 2.95. The smallest absolute Gasteiger partial charge is 0.248 e. The fourth-order valence-electron chi connectivity index (χ4n) is 1.92. The summed E-state index contributed by atoms with van der Waals surface area (Å²) in [4.78, 5) is 4.32. The Labute approximate surface area is 128 Å². The number of nitrogens with zero attached hydrogens (tertiary/aromatic N) is 4. The van der Waals surface area contributed by atoms with Gasteiger partial charge >= 0.3 is 0 Å². The second kappa shape index (κ2) is 6.12. The largest absolute Gasteiger partial charge is 0.381 e. The maximum Gasteiger partial charge on any atom is 0.248 e. The quantitative estimate of drug-likeness (QED) is 0.866. The molecule has 0 aliphatic rings. The van der Waals surface area contributed by atoms with E-state index < -0.39 is 10.0 Å². The number of aromatic nitrogens is 3. The summed E-state index contributed by atoms with van der Waals surface area (Å²) in [6, 6.07) is 0. The first-order valence-corrected chi connectivity index (χ1v) is 8.86. The number of nitrogens with two attached hydrogens (primary N) is 1. The summed E-state index contributed by atoms with van der Waals surface area (Å²) < 4.78 is 27.9. The second-order valence-electron chi connectivity index (χ2n) is 4.76. The average molecular weight is 329 g/mol. The van der Waals surface area contributed by atoms with Crippen LogP contribution in [-0.4, -0.2) is 34.5 Å². The number of aryl methyl sites for hydroxylation is 2. The standard InChI is InChI=1S/C12H19N5O2S2/c1-4-5-17-7-11(12(13)15-17)21(18,19)16(3)6-10-8-20-9(2)14-10/h7-8H,4-6H2,1-3H3,(H2,13,15). The molecule has 0 unspecified atom stereocenters. The molecule has 2 heterocycles. The number of anilines is 1. The Morgan fingerprint density at radius 3 is 2.76 bits per heavy atom. The molecule has 7 nitrogen and oxygen atoms in total. The lowest BCUT2D eigenvalue weighted by atomic mass is 10.5. The van der Waals surface area contributed by atoms with Crippen molar-refractivity contribution in [3.05, 3.63) is 22.3 Å². The number of nitrogen functional groups attached to an aromatic ring is 1. The summed E-state index contributed by atoms with van der Waals surface area (Å²) in [5.41, 5.74) is 6.47. The second-order valence-corrected chi connectivity index (χ2v) is 7.84. The van der Waals surface area contributed by atoms with E-state index in [-0.39, 0.29) is 17.3 Å². The van der Waals surface area contributed by atoms with Crippen molar-refractivity contribution in [2.24, 2.45) is 0 Å². The van der Waals surface area contributed by atoms with E-state index in [0.717, 1.165) is 17.1 Å². The van der Waals surface area contributed by atoms with E-state index in [1.165, 1.54) is 28.9 Å². The van der Waals surface area contributed by atoms with Crippen LogP contribution in [0.15, 0.2) is 16.5 Å². The first kappa shape index (κ1) is 15.9. The maximum atomic E-state index is 12.5. The van der Waals surface area contributed by atoms with E-state index in [4.69, 9.17) is 5.73 Å². The molecule has 0 amide bonds. The highest BCUT2D eigenvalue weighted by atomic mass is 32.2. The van der Waals surface area contributed by atoms with Crippen molar-refractivity contribution < 1.29 is 8.42 Å². The third-order valence-corrected chi connectivity index (χ3v) is 5.59. The van der Waals surface area contributed by atoms with Gasteiger partial charge in [-0.3, -0.25) is 4.68 Å². The van der Waals surface area contributed by atoms with E-state index in [9.17, 15) is 8.42 Å². The number of hydrogen-bond donors (Lipinski definition) is 1. The fourth-order valence-corrected chi connectivity index (χ4v) is 3.72. The van der Waals surface area contributed by atoms with Gasteiger partial charge in [0.2, 0.25) is 10.0 Å². The van der Waals surface area contributed by atoms with Gasteiger partial charge < -0.3 is 5.73 Å². The molecule has 2 N–H and O–H groups in total. The number of hydrogen-bond acceptors (Lipinski definition) is 6. The molecule has 116 valence electrons. The summed E-state index contributed by atoms with van der Waals surface area (Å²) >= 11 is 1.49. The van der Waals surface area contributed by atoms with Crippen LogP contribution < -0.4 is 5.73 Å². The predicted octanol–water partition coefficient (Wildman–Crippen LogP) is 1.46. The third kappa shape index (κ3) is 3.42. The lowest BCUT2D eigenvalue weighted by Gasteiger charge is -2.15. The van der Waals surface area contributed by atoms with Crippen LogP contribution in [0.4, 0.5) is 5.82 Å². The van der Waals surface area contributed by atoms with Crippen molar-refractivity contribution in [2.75, 3.05) is 12.8 Å². The Hall–Kier alpha value is -1.45. The van der Waals surface area contributed by atoms with E-state index in [1.54, 1.807) is 4.68 Å². The number of thiazole rings is 1. The molecule has 0 aliphatic heterocycles. The zero-order valence-electron chi connectivity index (χ0n) is 12.3. The minimum absolute atomic E-state index is 0.0322. The lowest BCUT2D eigenvalue weighted by Crippen LogP contribution is -2.27. The molecule has 0 radical (unpaired) electrons. The van der Waals surface area contributed by atoms with Crippen LogP contribution in [0.5, 0.6) is 0 Å². The molecule has 21 heavy (non-hydrogen) atoms. The molecule has 9 heteroatoms. The molecule has 2 aromatic rings. The highest BCUT2D eigenvalue weighted by Gasteiger charge is 2.26. The topological polar surface area (TPSA) is 94.1 Å². The van der Waals surface area contributed by atoms with Crippen LogP contribution in [0.1, 0.15) is 24.0 Å². The summed E-state index contributed by atoms with van der Waals surface area (Å²) in [5, 5.41) is 6.80. The molecular weight excluding hydrogens is 310 g/mol. The minimum Gasteiger partial charge on any atom is -0.381 e. The molecule has 0 aromatic carbocycles. The van der Waals surface area contributed by atoms with Gasteiger partial charge in [-0.2, -0.15) is 9.40 Å². The van der Waals surface area contributed by atoms with E-state index in [1.807, 2.05) is 19.2 Å². The highest BCUT2D eigenvalue weighted by molar-refractivity contribution is 7.89. The van der Waals surface area contributed by atoms with Crippen molar-refractivity contribution in [2.45, 2.75) is 38.3 Å². The fraction of sp³-hybridized carbons (Fsp3) is 0.500. The van der Waals surface area contributed by atoms with Gasteiger partial charge in [0.1, 0.15) is 4.90 Å². The van der Waals surface area contributed by atoms with Crippen LogP contribution in [0, 0.1) is 6.92 Å². The van der Waals surface area contributed by atoms with Crippen molar-refractivity contribution in [3.8, 4) is 0 Å². The summed E-state index contributed by atoms with van der Waals surface area (Å²) in [6.45, 7) is 4.72. The Bertz CT molecular complexity index is 720. The van der Waals surface area contributed by atoms with E-state index >= 15 is 0 Å². The SMILES string of the molecule is CCCn1cc(S(=O)(=O)N(C)Cc2csc(C)n2)c(N)n1. The Kier molecular flexibility index (Phi) is 4.64. The van der Waals surface area contributed by atoms with Crippen molar-refractivity contribution >= 4 is 27.2 Å². The van der Waals surface area contributed by atoms with E-state index in [0.29, 0.717) is 6.54 Å². The molecule has 0 bridgehead atoms. The van der Waals surface area contributed by atoms with Gasteiger partial charge in [-0.25, -0.2) is 13.4 Å². The van der Waals surface area contributed by atoms with Crippen molar-refractivity contribution in [3.63, 3.8) is 0 Å². The average Bonchev–Trinajstić information content (AvgIpc) is 2.96. The van der Waals surface area contributed by atoms with Gasteiger partial charge in [-0.1, -0.05) is 6.92 Å². The van der Waals surface area contributed by atoms with Crippen LogP contribution in [-0.2, 0) is 23.1 Å². The normalized spacial score (nSPS) is 12.2. The first-order valence-electron chi connectivity index (χ1n) is 6.55. The number of sulfonamides is 1. The van der Waals surface area contributed by atoms with Gasteiger partial charge in [-0.15, -0.1) is 11.3 Å². The van der Waals surface area contributed by atoms with Gasteiger partial charge in [0.25, 0.3) is 0 Å². The number of rotatable bonds is 6. The molecule has 2 rings (SSSR count). The zero-order valence-corrected chi connectivity index (χ0v) is 13.9. The van der Waals surface area contributed by atoms with Gasteiger partial charge in [0, 0.05) is 25.2 Å². The summed E-state index contributed by atoms with van der Waals surface area (Å²) in [7, 11) is -2.15. The molecule has 0 atom stereocenters. The predicted molar refractivity (Wildman–Crippen MR) is 82.4 cm³/mol. The van der Waals surface area contributed by atoms with Crippen molar-refractivity contribution in [1.29, 1.82) is 0 Å². The van der Waals surface area contributed by atoms with Crippen LogP contribution >= 0.6 is 11.3 Å². The Balaban J connectivity index is 2.24. The van der Waals surface area contributed by atoms with Crippen LogP contribution in [0.25, 0.3) is 0 Å². The van der Waals surface area contributed by atoms with Gasteiger partial charge in [0.15, 0.2) is 5.82 Å². The first-order chi connectivity index (χ1) is 9.84. The molecule has 0 spiro atoms. The Morgan fingerprint density at radius 1 is 1.48 bits per heavy atom.